The van der Waals surface area contributed by atoms with Crippen LogP contribution >= 0.6 is 15.9 Å². The Bertz CT molecular complexity index is 739. The van der Waals surface area contributed by atoms with Gasteiger partial charge in [0.15, 0.2) is 0 Å². The molecule has 21 heavy (non-hydrogen) atoms. The first-order valence-corrected chi connectivity index (χ1v) is 7.92. The number of aliphatic hydroxyl groups is 2. The number of H-pyrrole nitrogens is 1. The molecule has 0 aliphatic carbocycles. The smallest absolute Gasteiger partial charge is 0.108 e. The molecule has 0 saturated carbocycles. The minimum atomic E-state index is -0.948. The largest absolute Gasteiger partial charge is 0.389 e. The highest BCUT2D eigenvalue weighted by atomic mass is 79.9. The molecule has 0 aliphatic heterocycles. The van der Waals surface area contributed by atoms with E-state index in [1.165, 1.54) is 0 Å². The first kappa shape index (κ1) is 14.3. The van der Waals surface area contributed by atoms with Gasteiger partial charge in [0.05, 0.1) is 11.8 Å². The second-order valence-corrected chi connectivity index (χ2v) is 5.64. The van der Waals surface area contributed by atoms with Gasteiger partial charge in [0.2, 0.25) is 0 Å². The van der Waals surface area contributed by atoms with Crippen molar-refractivity contribution in [3.05, 3.63) is 60.2 Å². The molecule has 2 unspecified atom stereocenters. The maximum atomic E-state index is 10.5. The van der Waals surface area contributed by atoms with E-state index in [-0.39, 0.29) is 0 Å². The third-order valence-electron chi connectivity index (χ3n) is 3.63. The molecule has 0 saturated heterocycles. The zero-order valence-corrected chi connectivity index (χ0v) is 12.9. The average Bonchev–Trinajstić information content (AvgIpc) is 2.93. The first-order valence-electron chi connectivity index (χ1n) is 6.80. The van der Waals surface area contributed by atoms with Gasteiger partial charge in [0.25, 0.3) is 0 Å². The molecular formula is C17H16BrNO2. The third-order valence-corrected chi connectivity index (χ3v) is 4.29. The molecule has 0 amide bonds. The van der Waals surface area contributed by atoms with Crippen molar-refractivity contribution in [1.29, 1.82) is 0 Å². The number of aromatic amines is 1. The predicted molar refractivity (Wildman–Crippen MR) is 88.5 cm³/mol. The van der Waals surface area contributed by atoms with Crippen molar-refractivity contribution in [1.82, 2.24) is 4.98 Å². The van der Waals surface area contributed by atoms with Crippen LogP contribution in [-0.4, -0.2) is 26.6 Å². The van der Waals surface area contributed by atoms with Gasteiger partial charge in [-0.1, -0.05) is 64.5 Å². The highest BCUT2D eigenvalue weighted by Gasteiger charge is 2.24. The number of hydrogen-bond donors (Lipinski definition) is 3. The first-order chi connectivity index (χ1) is 10.2. The molecule has 0 fully saturated rings. The summed E-state index contributed by atoms with van der Waals surface area (Å²) in [4.78, 5) is 3.35. The standard InChI is InChI=1S/C17H16BrNO2/c18-10-14(20)17(21)15-12-8-4-5-9-13(12)19-16(15)11-6-2-1-3-7-11/h1-9,14,17,19-21H,10H2. The van der Waals surface area contributed by atoms with Crippen molar-refractivity contribution < 1.29 is 10.2 Å². The Hall–Kier alpha value is -1.62. The number of alkyl halides is 1. The van der Waals surface area contributed by atoms with Crippen LogP contribution in [-0.2, 0) is 0 Å². The molecule has 3 nitrogen and oxygen atoms in total. The molecule has 3 N–H and O–H groups in total. The van der Waals surface area contributed by atoms with Crippen LogP contribution in [0.5, 0.6) is 0 Å². The van der Waals surface area contributed by atoms with E-state index in [1.807, 2.05) is 54.6 Å². The van der Waals surface area contributed by atoms with Crippen LogP contribution in [0.4, 0.5) is 0 Å². The van der Waals surface area contributed by atoms with Gasteiger partial charge >= 0.3 is 0 Å². The lowest BCUT2D eigenvalue weighted by Gasteiger charge is -2.17. The Balaban J connectivity index is 2.24. The molecular weight excluding hydrogens is 330 g/mol. The van der Waals surface area contributed by atoms with Crippen LogP contribution in [0.1, 0.15) is 11.7 Å². The van der Waals surface area contributed by atoms with Crippen molar-refractivity contribution in [2.75, 3.05) is 5.33 Å². The Morgan fingerprint density at radius 1 is 0.952 bits per heavy atom. The summed E-state index contributed by atoms with van der Waals surface area (Å²) in [6, 6.07) is 17.6. The SMILES string of the molecule is OC(CBr)C(O)c1c(-c2ccccc2)[nH]c2ccccc12. The highest BCUT2D eigenvalue weighted by molar-refractivity contribution is 9.09. The van der Waals surface area contributed by atoms with Gasteiger partial charge in [-0.25, -0.2) is 0 Å². The fourth-order valence-electron chi connectivity index (χ4n) is 2.58. The van der Waals surface area contributed by atoms with E-state index in [9.17, 15) is 10.2 Å². The van der Waals surface area contributed by atoms with Crippen LogP contribution < -0.4 is 0 Å². The van der Waals surface area contributed by atoms with Crippen molar-refractivity contribution in [2.45, 2.75) is 12.2 Å². The summed E-state index contributed by atoms with van der Waals surface area (Å²) in [6.45, 7) is 0. The van der Waals surface area contributed by atoms with E-state index >= 15 is 0 Å². The number of halogens is 1. The lowest BCUT2D eigenvalue weighted by molar-refractivity contribution is 0.0355. The molecule has 1 aromatic heterocycles. The van der Waals surface area contributed by atoms with Gasteiger partial charge in [-0.2, -0.15) is 0 Å². The number of para-hydroxylation sites is 1. The summed E-state index contributed by atoms with van der Waals surface area (Å²) in [5, 5.41) is 21.8. The molecule has 0 aliphatic rings. The third kappa shape index (κ3) is 2.62. The van der Waals surface area contributed by atoms with Gasteiger partial charge < -0.3 is 15.2 Å². The summed E-state index contributed by atoms with van der Waals surface area (Å²) in [5.41, 5.74) is 3.53. The number of hydrogen-bond acceptors (Lipinski definition) is 2. The number of fused-ring (bicyclic) bond motifs is 1. The number of benzene rings is 2. The number of aromatic nitrogens is 1. The Kier molecular flexibility index (Phi) is 4.10. The van der Waals surface area contributed by atoms with E-state index in [0.29, 0.717) is 5.33 Å². The maximum Gasteiger partial charge on any atom is 0.108 e. The molecule has 0 spiro atoms. The van der Waals surface area contributed by atoms with E-state index in [2.05, 4.69) is 20.9 Å². The molecule has 1 heterocycles. The van der Waals surface area contributed by atoms with E-state index in [0.717, 1.165) is 27.7 Å². The van der Waals surface area contributed by atoms with Gasteiger partial charge in [-0.15, -0.1) is 0 Å². The minimum absolute atomic E-state index is 0.321. The van der Waals surface area contributed by atoms with Crippen molar-refractivity contribution in [2.24, 2.45) is 0 Å². The topological polar surface area (TPSA) is 56.2 Å². The lowest BCUT2D eigenvalue weighted by atomic mass is 9.98. The van der Waals surface area contributed by atoms with Crippen LogP contribution in [0, 0.1) is 0 Å². The molecule has 4 heteroatoms. The quantitative estimate of drug-likeness (QED) is 0.632. The summed E-state index contributed by atoms with van der Waals surface area (Å²) in [5.74, 6) is 0. The second kappa shape index (κ2) is 6.02. The molecule has 2 aromatic carbocycles. The predicted octanol–water partition coefficient (Wildman–Crippen LogP) is 3.62. The van der Waals surface area contributed by atoms with Crippen LogP contribution in [0.3, 0.4) is 0 Å². The van der Waals surface area contributed by atoms with Crippen molar-refractivity contribution in [3.8, 4) is 11.3 Å². The Labute approximate surface area is 131 Å². The van der Waals surface area contributed by atoms with Gasteiger partial charge in [-0.3, -0.25) is 0 Å². The summed E-state index contributed by atoms with van der Waals surface area (Å²) in [6.07, 6.45) is -1.80. The minimum Gasteiger partial charge on any atom is -0.389 e. The fraction of sp³-hybridized carbons (Fsp3) is 0.176. The van der Waals surface area contributed by atoms with E-state index in [4.69, 9.17) is 0 Å². The zero-order chi connectivity index (χ0) is 14.8. The molecule has 0 radical (unpaired) electrons. The highest BCUT2D eigenvalue weighted by Crippen LogP contribution is 2.36. The van der Waals surface area contributed by atoms with Crippen LogP contribution in [0.15, 0.2) is 54.6 Å². The molecule has 2 atom stereocenters. The van der Waals surface area contributed by atoms with Gasteiger partial charge in [0.1, 0.15) is 6.10 Å². The van der Waals surface area contributed by atoms with Crippen molar-refractivity contribution >= 4 is 26.8 Å². The van der Waals surface area contributed by atoms with Gasteiger partial charge in [0, 0.05) is 21.8 Å². The summed E-state index contributed by atoms with van der Waals surface area (Å²) in [7, 11) is 0. The van der Waals surface area contributed by atoms with Crippen LogP contribution in [0.25, 0.3) is 22.2 Å². The summed E-state index contributed by atoms with van der Waals surface area (Å²) >= 11 is 3.23. The monoisotopic (exact) mass is 345 g/mol. The lowest BCUT2D eigenvalue weighted by Crippen LogP contribution is -2.19. The number of rotatable bonds is 4. The van der Waals surface area contributed by atoms with E-state index < -0.39 is 12.2 Å². The van der Waals surface area contributed by atoms with Crippen LogP contribution in [0.2, 0.25) is 0 Å². The number of aliphatic hydroxyl groups excluding tert-OH is 2. The Morgan fingerprint density at radius 3 is 2.33 bits per heavy atom. The van der Waals surface area contributed by atoms with Crippen molar-refractivity contribution in [3.63, 3.8) is 0 Å². The maximum absolute atomic E-state index is 10.5. The van der Waals surface area contributed by atoms with E-state index in [1.54, 1.807) is 0 Å². The van der Waals surface area contributed by atoms with Gasteiger partial charge in [-0.05, 0) is 11.6 Å². The number of nitrogens with one attached hydrogen (secondary N) is 1. The molecule has 108 valence electrons. The normalized spacial score (nSPS) is 14.2. The second-order valence-electron chi connectivity index (χ2n) is 4.99. The molecule has 3 aromatic rings. The fourth-order valence-corrected chi connectivity index (χ4v) is 2.93. The Morgan fingerprint density at radius 2 is 1.62 bits per heavy atom. The summed E-state index contributed by atoms with van der Waals surface area (Å²) < 4.78 is 0. The zero-order valence-electron chi connectivity index (χ0n) is 11.3. The molecule has 0 bridgehead atoms. The average molecular weight is 346 g/mol. The molecule has 3 rings (SSSR count).